The second-order valence-electron chi connectivity index (χ2n) is 9.86. The van der Waals surface area contributed by atoms with Crippen LogP contribution in [0.5, 0.6) is 5.88 Å². The molecule has 5 rings (SSSR count). The van der Waals surface area contributed by atoms with Gasteiger partial charge in [-0.3, -0.25) is 9.69 Å². The number of carbonyl (C=O) groups is 1. The van der Waals surface area contributed by atoms with E-state index in [-0.39, 0.29) is 42.6 Å². The first-order chi connectivity index (χ1) is 19.6. The molecule has 0 unspecified atom stereocenters. The highest BCUT2D eigenvalue weighted by atomic mass is 19.4. The molecule has 41 heavy (non-hydrogen) atoms. The molecule has 1 amide bonds. The van der Waals surface area contributed by atoms with Crippen LogP contribution in [0.15, 0.2) is 43.1 Å². The number of methoxy groups -OCH3 is 1. The Morgan fingerprint density at radius 3 is 2.41 bits per heavy atom. The molecule has 1 aromatic carbocycles. The summed E-state index contributed by atoms with van der Waals surface area (Å²) in [4.78, 5) is 39.8. The van der Waals surface area contributed by atoms with Gasteiger partial charge in [0, 0.05) is 23.7 Å². The zero-order chi connectivity index (χ0) is 29.3. The van der Waals surface area contributed by atoms with Crippen LogP contribution in [0.2, 0.25) is 0 Å². The molecule has 0 atom stereocenters. The Bertz CT molecular complexity index is 1550. The van der Waals surface area contributed by atoms with Crippen LogP contribution >= 0.6 is 0 Å². The number of nitrogens with zero attached hydrogens (tertiary/aromatic N) is 8. The molecular formula is C27H28F3N9O2. The number of alkyl halides is 3. The van der Waals surface area contributed by atoms with E-state index in [1.165, 1.54) is 29.2 Å². The Hall–Kier alpha value is -4.46. The Kier molecular flexibility index (Phi) is 7.67. The van der Waals surface area contributed by atoms with Crippen LogP contribution in [0.1, 0.15) is 55.6 Å². The van der Waals surface area contributed by atoms with Gasteiger partial charge in [-0.05, 0) is 32.3 Å². The van der Waals surface area contributed by atoms with Gasteiger partial charge in [0.05, 0.1) is 25.9 Å². The van der Waals surface area contributed by atoms with Crippen molar-refractivity contribution >= 4 is 11.9 Å². The molecule has 2 N–H and O–H groups in total. The highest BCUT2D eigenvalue weighted by Crippen LogP contribution is 2.44. The monoisotopic (exact) mass is 567 g/mol. The van der Waals surface area contributed by atoms with E-state index < -0.39 is 17.8 Å². The summed E-state index contributed by atoms with van der Waals surface area (Å²) >= 11 is 0. The number of halogens is 3. The van der Waals surface area contributed by atoms with Crippen LogP contribution in [0.4, 0.5) is 19.1 Å². The second-order valence-corrected chi connectivity index (χ2v) is 9.86. The SMILES string of the molecule is COc1ncnc(C2CC2)c1-c1ncnc(N(Cc2ccc(-c3nc(C(F)(F)F)cn3C(C)C)cc2)C(=O)CN)n1. The van der Waals surface area contributed by atoms with E-state index in [4.69, 9.17) is 10.5 Å². The molecule has 0 bridgehead atoms. The van der Waals surface area contributed by atoms with Gasteiger partial charge in [-0.2, -0.15) is 18.2 Å². The molecule has 11 nitrogen and oxygen atoms in total. The van der Waals surface area contributed by atoms with Crippen molar-refractivity contribution in [3.05, 3.63) is 60.1 Å². The first-order valence-corrected chi connectivity index (χ1v) is 12.9. The maximum absolute atomic E-state index is 13.3. The smallest absolute Gasteiger partial charge is 0.434 e. The minimum atomic E-state index is -4.56. The Morgan fingerprint density at radius 1 is 1.10 bits per heavy atom. The molecule has 3 heterocycles. The van der Waals surface area contributed by atoms with E-state index in [1.807, 2.05) is 0 Å². The van der Waals surface area contributed by atoms with Crippen molar-refractivity contribution in [2.24, 2.45) is 5.73 Å². The molecule has 1 saturated carbocycles. The molecule has 214 valence electrons. The van der Waals surface area contributed by atoms with Gasteiger partial charge in [0.2, 0.25) is 17.7 Å². The number of hydrogen-bond donors (Lipinski definition) is 1. The van der Waals surface area contributed by atoms with E-state index in [1.54, 1.807) is 38.1 Å². The quantitative estimate of drug-likeness (QED) is 0.316. The fourth-order valence-electron chi connectivity index (χ4n) is 4.41. The minimum absolute atomic E-state index is 0.0596. The van der Waals surface area contributed by atoms with Gasteiger partial charge >= 0.3 is 6.18 Å². The highest BCUT2D eigenvalue weighted by molar-refractivity contribution is 5.93. The minimum Gasteiger partial charge on any atom is -0.480 e. The van der Waals surface area contributed by atoms with Crippen LogP contribution in [0.25, 0.3) is 22.8 Å². The number of hydrogen-bond acceptors (Lipinski definition) is 9. The van der Waals surface area contributed by atoms with Crippen molar-refractivity contribution in [2.75, 3.05) is 18.6 Å². The van der Waals surface area contributed by atoms with Crippen LogP contribution in [0, 0.1) is 0 Å². The highest BCUT2D eigenvalue weighted by Gasteiger charge is 2.35. The number of amides is 1. The molecular weight excluding hydrogens is 539 g/mol. The summed E-state index contributed by atoms with van der Waals surface area (Å²) in [6.45, 7) is 3.33. The van der Waals surface area contributed by atoms with Crippen molar-refractivity contribution < 1.29 is 22.7 Å². The van der Waals surface area contributed by atoms with Crippen molar-refractivity contribution in [1.29, 1.82) is 0 Å². The number of anilines is 1. The van der Waals surface area contributed by atoms with Gasteiger partial charge in [-0.25, -0.2) is 24.9 Å². The van der Waals surface area contributed by atoms with Crippen molar-refractivity contribution in [1.82, 2.24) is 34.5 Å². The van der Waals surface area contributed by atoms with Crippen molar-refractivity contribution in [3.8, 4) is 28.7 Å². The number of nitrogens with two attached hydrogens (primary N) is 1. The molecule has 1 aliphatic carbocycles. The standard InChI is InChI=1S/C27H28F3N9O2/c1-15(2)38-12-19(27(28,29)30)36-24(38)18-6-4-16(5-7-18)11-39(20(40)10-31)26-35-14-33-23(37-26)21-22(17-8-9-17)32-13-34-25(21)41-3/h4-7,12-15,17H,8-11,31H2,1-3H3. The third-order valence-corrected chi connectivity index (χ3v) is 6.63. The fourth-order valence-corrected chi connectivity index (χ4v) is 4.41. The first kappa shape index (κ1) is 28.1. The van der Waals surface area contributed by atoms with Crippen molar-refractivity contribution in [3.63, 3.8) is 0 Å². The summed E-state index contributed by atoms with van der Waals surface area (Å²) in [5, 5.41) is 0. The van der Waals surface area contributed by atoms with E-state index in [2.05, 4.69) is 29.9 Å². The summed E-state index contributed by atoms with van der Waals surface area (Å²) < 4.78 is 46.9. The number of ether oxygens (including phenoxy) is 1. The molecule has 0 aliphatic heterocycles. The maximum Gasteiger partial charge on any atom is 0.434 e. The van der Waals surface area contributed by atoms with Gasteiger partial charge in [0.25, 0.3) is 0 Å². The number of carbonyl (C=O) groups excluding carboxylic acids is 1. The van der Waals surface area contributed by atoms with Gasteiger partial charge in [0.15, 0.2) is 11.5 Å². The number of aromatic nitrogens is 7. The molecule has 4 aromatic rings. The normalized spacial score (nSPS) is 13.5. The Morgan fingerprint density at radius 2 is 1.80 bits per heavy atom. The van der Waals surface area contributed by atoms with Crippen LogP contribution in [0.3, 0.4) is 0 Å². The summed E-state index contributed by atoms with van der Waals surface area (Å²) in [5.74, 6) is 0.671. The molecule has 0 radical (unpaired) electrons. The van der Waals surface area contributed by atoms with Gasteiger partial charge < -0.3 is 15.0 Å². The van der Waals surface area contributed by atoms with E-state index in [9.17, 15) is 18.0 Å². The molecule has 0 spiro atoms. The van der Waals surface area contributed by atoms with Crippen LogP contribution in [-0.4, -0.2) is 54.0 Å². The average molecular weight is 568 g/mol. The second kappa shape index (κ2) is 11.2. The van der Waals surface area contributed by atoms with Crippen LogP contribution in [-0.2, 0) is 17.5 Å². The first-order valence-electron chi connectivity index (χ1n) is 12.9. The zero-order valence-electron chi connectivity index (χ0n) is 22.6. The molecule has 1 aliphatic rings. The lowest BCUT2D eigenvalue weighted by Crippen LogP contribution is -2.37. The third-order valence-electron chi connectivity index (χ3n) is 6.63. The number of benzene rings is 1. The maximum atomic E-state index is 13.3. The van der Waals surface area contributed by atoms with E-state index in [0.29, 0.717) is 22.6 Å². The Labute approximate surface area is 233 Å². The molecule has 1 fully saturated rings. The largest absolute Gasteiger partial charge is 0.480 e. The molecule has 0 saturated heterocycles. The van der Waals surface area contributed by atoms with Crippen molar-refractivity contribution in [2.45, 2.75) is 51.4 Å². The number of rotatable bonds is 9. The summed E-state index contributed by atoms with van der Waals surface area (Å²) in [7, 11) is 1.50. The zero-order valence-corrected chi connectivity index (χ0v) is 22.6. The lowest BCUT2D eigenvalue weighted by Gasteiger charge is -2.21. The van der Waals surface area contributed by atoms with Gasteiger partial charge in [0.1, 0.15) is 24.0 Å². The van der Waals surface area contributed by atoms with Gasteiger partial charge in [-0.1, -0.05) is 24.3 Å². The topological polar surface area (TPSA) is 138 Å². The Balaban J connectivity index is 1.46. The van der Waals surface area contributed by atoms with E-state index in [0.717, 1.165) is 24.7 Å². The lowest BCUT2D eigenvalue weighted by molar-refractivity contribution is -0.140. The molecule has 14 heteroatoms. The third kappa shape index (κ3) is 5.87. The van der Waals surface area contributed by atoms with E-state index >= 15 is 0 Å². The van der Waals surface area contributed by atoms with Gasteiger partial charge in [-0.15, -0.1) is 0 Å². The molecule has 3 aromatic heterocycles. The predicted octanol–water partition coefficient (Wildman–Crippen LogP) is 4.17. The predicted molar refractivity (Wildman–Crippen MR) is 143 cm³/mol. The number of imidazole rings is 1. The van der Waals surface area contributed by atoms with Crippen LogP contribution < -0.4 is 15.4 Å². The lowest BCUT2D eigenvalue weighted by atomic mass is 10.1. The average Bonchev–Trinajstić information content (AvgIpc) is 3.71. The summed E-state index contributed by atoms with van der Waals surface area (Å²) in [6.07, 6.45) is 1.14. The fraction of sp³-hybridized carbons (Fsp3) is 0.370. The summed E-state index contributed by atoms with van der Waals surface area (Å²) in [6, 6.07) is 6.50. The summed E-state index contributed by atoms with van der Waals surface area (Å²) in [5.41, 5.74) is 7.25.